The van der Waals surface area contributed by atoms with Gasteiger partial charge in [0, 0.05) is 24.8 Å². The van der Waals surface area contributed by atoms with Crippen LogP contribution in [0.2, 0.25) is 0 Å². The van der Waals surface area contributed by atoms with Crippen LogP contribution >= 0.6 is 0 Å². The van der Waals surface area contributed by atoms with E-state index in [1.54, 1.807) is 12.1 Å². The number of esters is 1. The fourth-order valence-electron chi connectivity index (χ4n) is 1.41. The number of nitrogens with two attached hydrogens (primary N) is 1. The van der Waals surface area contributed by atoms with Crippen molar-refractivity contribution >= 4 is 17.6 Å². The van der Waals surface area contributed by atoms with E-state index >= 15 is 0 Å². The normalized spacial score (nSPS) is 9.83. The van der Waals surface area contributed by atoms with Crippen molar-refractivity contribution in [3.8, 4) is 0 Å². The first-order valence-electron chi connectivity index (χ1n) is 5.70. The number of carbonyl (C=O) groups is 2. The molecule has 0 atom stereocenters. The summed E-state index contributed by atoms with van der Waals surface area (Å²) < 4.78 is 4.58. The highest BCUT2D eigenvalue weighted by Crippen LogP contribution is 2.09. The number of ether oxygens (including phenoxy) is 1. The van der Waals surface area contributed by atoms with Gasteiger partial charge in [0.05, 0.1) is 7.11 Å². The van der Waals surface area contributed by atoms with Gasteiger partial charge in [-0.05, 0) is 25.0 Å². The number of hydrogen-bond donors (Lipinski definition) is 2. The smallest absolute Gasteiger partial charge is 0.356 e. The first-order chi connectivity index (χ1) is 8.63. The molecule has 0 unspecified atom stereocenters. The topological polar surface area (TPSA) is 94.3 Å². The molecule has 98 valence electrons. The third-order valence-corrected chi connectivity index (χ3v) is 2.33. The maximum atomic E-state index is 11.3. The van der Waals surface area contributed by atoms with Crippen molar-refractivity contribution in [2.24, 2.45) is 5.73 Å². The number of nitrogens with zero attached hydrogens (tertiary/aromatic N) is 1. The van der Waals surface area contributed by atoms with Gasteiger partial charge in [0.2, 0.25) is 5.91 Å². The molecule has 0 spiro atoms. The number of carbonyl (C=O) groups excluding carboxylic acids is 2. The molecule has 0 fully saturated rings. The molecule has 1 heterocycles. The Hall–Kier alpha value is -2.11. The Morgan fingerprint density at radius 3 is 2.89 bits per heavy atom. The lowest BCUT2D eigenvalue weighted by atomic mass is 10.2. The minimum Gasteiger partial charge on any atom is -0.464 e. The molecule has 0 saturated carbocycles. The number of nitrogens with one attached hydrogen (secondary N) is 1. The van der Waals surface area contributed by atoms with Gasteiger partial charge in [-0.2, -0.15) is 0 Å². The molecule has 0 radical (unpaired) electrons. The maximum absolute atomic E-state index is 11.3. The van der Waals surface area contributed by atoms with Gasteiger partial charge in [-0.3, -0.25) is 4.79 Å². The van der Waals surface area contributed by atoms with Crippen LogP contribution in [0, 0.1) is 0 Å². The van der Waals surface area contributed by atoms with Gasteiger partial charge in [-0.1, -0.05) is 0 Å². The molecule has 0 aliphatic rings. The molecule has 1 aromatic rings. The highest BCUT2D eigenvalue weighted by molar-refractivity contribution is 5.88. The average molecular weight is 251 g/mol. The highest BCUT2D eigenvalue weighted by atomic mass is 16.5. The lowest BCUT2D eigenvalue weighted by Crippen LogP contribution is -2.11. The Kier molecular flexibility index (Phi) is 5.63. The number of methoxy groups -OCH3 is 1. The second kappa shape index (κ2) is 7.26. The molecule has 6 heteroatoms. The summed E-state index contributed by atoms with van der Waals surface area (Å²) in [4.78, 5) is 25.7. The molecule has 0 bridgehead atoms. The van der Waals surface area contributed by atoms with E-state index in [1.165, 1.54) is 13.3 Å². The lowest BCUT2D eigenvalue weighted by molar-refractivity contribution is -0.118. The summed E-state index contributed by atoms with van der Waals surface area (Å²) in [5.74, 6) is -0.751. The van der Waals surface area contributed by atoms with Gasteiger partial charge in [0.25, 0.3) is 0 Å². The minimum absolute atomic E-state index is 0.264. The van der Waals surface area contributed by atoms with Crippen molar-refractivity contribution < 1.29 is 14.3 Å². The number of aromatic nitrogens is 1. The van der Waals surface area contributed by atoms with E-state index in [0.29, 0.717) is 13.0 Å². The van der Waals surface area contributed by atoms with Gasteiger partial charge < -0.3 is 15.8 Å². The zero-order chi connectivity index (χ0) is 13.4. The van der Waals surface area contributed by atoms with E-state index in [0.717, 1.165) is 18.5 Å². The molecule has 18 heavy (non-hydrogen) atoms. The third-order valence-electron chi connectivity index (χ3n) is 2.33. The van der Waals surface area contributed by atoms with Crippen molar-refractivity contribution in [2.75, 3.05) is 19.0 Å². The van der Waals surface area contributed by atoms with Gasteiger partial charge in [0.15, 0.2) is 0 Å². The average Bonchev–Trinajstić information content (AvgIpc) is 2.37. The number of hydrogen-bond acceptors (Lipinski definition) is 5. The number of unbranched alkanes of at least 4 members (excludes halogenated alkanes) is 1. The monoisotopic (exact) mass is 251 g/mol. The molecular weight excluding hydrogens is 234 g/mol. The van der Waals surface area contributed by atoms with Crippen LogP contribution in [-0.4, -0.2) is 30.5 Å². The quantitative estimate of drug-likeness (QED) is 0.555. The Morgan fingerprint density at radius 1 is 1.44 bits per heavy atom. The first kappa shape index (κ1) is 14.0. The molecule has 1 rings (SSSR count). The number of rotatable bonds is 7. The summed E-state index contributed by atoms with van der Waals surface area (Å²) in [5.41, 5.74) is 6.09. The van der Waals surface area contributed by atoms with Crippen LogP contribution in [-0.2, 0) is 9.53 Å². The van der Waals surface area contributed by atoms with E-state index in [9.17, 15) is 9.59 Å². The molecule has 1 aromatic heterocycles. The fourth-order valence-corrected chi connectivity index (χ4v) is 1.41. The standard InChI is InChI=1S/C12H17N3O3/c1-18-12(17)10-8-9(5-7-15-10)14-6-3-2-4-11(13)16/h5,7-8H,2-4,6H2,1H3,(H2,13,16)(H,14,15). The summed E-state index contributed by atoms with van der Waals surface area (Å²) in [6.45, 7) is 0.706. The number of anilines is 1. The van der Waals surface area contributed by atoms with E-state index < -0.39 is 5.97 Å². The third kappa shape index (κ3) is 4.82. The number of pyridine rings is 1. The van der Waals surface area contributed by atoms with Crippen molar-refractivity contribution in [3.05, 3.63) is 24.0 Å². The summed E-state index contributed by atoms with van der Waals surface area (Å²) >= 11 is 0. The van der Waals surface area contributed by atoms with Crippen molar-refractivity contribution in [1.29, 1.82) is 0 Å². The SMILES string of the molecule is COC(=O)c1cc(NCCCCC(N)=O)ccn1. The van der Waals surface area contributed by atoms with Crippen LogP contribution in [0.3, 0.4) is 0 Å². The lowest BCUT2D eigenvalue weighted by Gasteiger charge is -2.06. The van der Waals surface area contributed by atoms with Gasteiger partial charge in [-0.25, -0.2) is 9.78 Å². The molecule has 6 nitrogen and oxygen atoms in total. The van der Waals surface area contributed by atoms with E-state index in [1.807, 2.05) is 0 Å². The second-order valence-corrected chi connectivity index (χ2v) is 3.77. The maximum Gasteiger partial charge on any atom is 0.356 e. The number of primary amides is 1. The van der Waals surface area contributed by atoms with Crippen LogP contribution in [0.1, 0.15) is 29.8 Å². The summed E-state index contributed by atoms with van der Waals surface area (Å²) in [7, 11) is 1.31. The van der Waals surface area contributed by atoms with Crippen molar-refractivity contribution in [3.63, 3.8) is 0 Å². The molecule has 0 aliphatic carbocycles. The van der Waals surface area contributed by atoms with E-state index in [4.69, 9.17) is 5.73 Å². The second-order valence-electron chi connectivity index (χ2n) is 3.77. The van der Waals surface area contributed by atoms with Crippen LogP contribution in [0.25, 0.3) is 0 Å². The first-order valence-corrected chi connectivity index (χ1v) is 5.70. The van der Waals surface area contributed by atoms with Crippen LogP contribution in [0.15, 0.2) is 18.3 Å². The van der Waals surface area contributed by atoms with Crippen molar-refractivity contribution in [2.45, 2.75) is 19.3 Å². The van der Waals surface area contributed by atoms with Gasteiger partial charge >= 0.3 is 5.97 Å². The van der Waals surface area contributed by atoms with Crippen LogP contribution in [0.4, 0.5) is 5.69 Å². The Balaban J connectivity index is 2.38. The predicted molar refractivity (Wildman–Crippen MR) is 67.1 cm³/mol. The minimum atomic E-state index is -0.465. The Labute approximate surface area is 106 Å². The molecule has 0 aliphatic heterocycles. The zero-order valence-electron chi connectivity index (χ0n) is 10.3. The molecule has 1 amide bonds. The van der Waals surface area contributed by atoms with Crippen molar-refractivity contribution in [1.82, 2.24) is 4.98 Å². The molecule has 0 aromatic carbocycles. The van der Waals surface area contributed by atoms with Crippen LogP contribution < -0.4 is 11.1 Å². The predicted octanol–water partition coefficient (Wildman–Crippen LogP) is 0.936. The Morgan fingerprint density at radius 2 is 2.22 bits per heavy atom. The Bertz CT molecular complexity index is 421. The highest BCUT2D eigenvalue weighted by Gasteiger charge is 2.06. The summed E-state index contributed by atoms with van der Waals surface area (Å²) in [6.07, 6.45) is 3.51. The zero-order valence-corrected chi connectivity index (χ0v) is 10.3. The summed E-state index contributed by atoms with van der Waals surface area (Å²) in [6, 6.07) is 3.39. The molecule has 3 N–H and O–H groups in total. The van der Waals surface area contributed by atoms with Gasteiger partial charge in [-0.15, -0.1) is 0 Å². The van der Waals surface area contributed by atoms with E-state index in [2.05, 4.69) is 15.0 Å². The van der Waals surface area contributed by atoms with Crippen LogP contribution in [0.5, 0.6) is 0 Å². The molecular formula is C12H17N3O3. The largest absolute Gasteiger partial charge is 0.464 e. The number of amides is 1. The van der Waals surface area contributed by atoms with Gasteiger partial charge in [0.1, 0.15) is 5.69 Å². The molecule has 0 saturated heterocycles. The summed E-state index contributed by atoms with van der Waals surface area (Å²) in [5, 5.41) is 3.14. The fraction of sp³-hybridized carbons (Fsp3) is 0.417. The van der Waals surface area contributed by atoms with E-state index in [-0.39, 0.29) is 11.6 Å².